The first kappa shape index (κ1) is 16.7. The van der Waals surface area contributed by atoms with Crippen molar-refractivity contribution in [1.29, 1.82) is 0 Å². The Balaban J connectivity index is 1.66. The van der Waals surface area contributed by atoms with E-state index >= 15 is 0 Å². The van der Waals surface area contributed by atoms with Gasteiger partial charge in [0.2, 0.25) is 0 Å². The molecule has 1 aliphatic heterocycles. The number of H-pyrrole nitrogens is 1. The molecule has 128 valence electrons. The maximum atomic E-state index is 12.6. The molecular formula is C18H23N3O3. The predicted molar refractivity (Wildman–Crippen MR) is 92.2 cm³/mol. The van der Waals surface area contributed by atoms with Gasteiger partial charge in [0.15, 0.2) is 0 Å². The number of ether oxygens (including phenoxy) is 1. The van der Waals surface area contributed by atoms with E-state index in [4.69, 9.17) is 4.74 Å². The van der Waals surface area contributed by atoms with Gasteiger partial charge >= 0.3 is 0 Å². The summed E-state index contributed by atoms with van der Waals surface area (Å²) in [4.78, 5) is 30.3. The Kier molecular flexibility index (Phi) is 4.97. The van der Waals surface area contributed by atoms with Crippen molar-refractivity contribution in [2.24, 2.45) is 0 Å². The molecule has 0 bridgehead atoms. The molecule has 1 aliphatic rings. The van der Waals surface area contributed by atoms with E-state index in [9.17, 15) is 9.59 Å². The van der Waals surface area contributed by atoms with Crippen LogP contribution in [0.3, 0.4) is 0 Å². The van der Waals surface area contributed by atoms with Crippen LogP contribution in [0.1, 0.15) is 23.0 Å². The molecule has 6 heteroatoms. The molecule has 3 rings (SSSR count). The number of benzene rings is 1. The molecule has 1 amide bonds. The Labute approximate surface area is 141 Å². The Morgan fingerprint density at radius 2 is 2.00 bits per heavy atom. The number of carbonyl (C=O) groups is 2. The fourth-order valence-electron chi connectivity index (χ4n) is 3.15. The smallest absolute Gasteiger partial charge is 0.292 e. The van der Waals surface area contributed by atoms with Crippen molar-refractivity contribution in [2.75, 3.05) is 32.8 Å². The predicted octanol–water partition coefficient (Wildman–Crippen LogP) is 1.50. The number of amides is 1. The Morgan fingerprint density at radius 3 is 2.75 bits per heavy atom. The van der Waals surface area contributed by atoms with Crippen LogP contribution in [0.4, 0.5) is 0 Å². The normalized spacial score (nSPS) is 16.9. The Morgan fingerprint density at radius 1 is 1.29 bits per heavy atom. The van der Waals surface area contributed by atoms with E-state index < -0.39 is 11.7 Å². The average molecular weight is 329 g/mol. The molecule has 1 saturated heterocycles. The van der Waals surface area contributed by atoms with Crippen molar-refractivity contribution >= 4 is 22.6 Å². The summed E-state index contributed by atoms with van der Waals surface area (Å²) in [6, 6.07) is 7.70. The van der Waals surface area contributed by atoms with Gasteiger partial charge in [0.1, 0.15) is 0 Å². The quantitative estimate of drug-likeness (QED) is 0.644. The molecule has 24 heavy (non-hydrogen) atoms. The molecule has 2 heterocycles. The number of rotatable bonds is 5. The standard InChI is InChI=1S/C18H23N3O3/c1-12(21-7-9-24-10-8-21)11-19-18(23)17(22)16-13(2)20-15-6-4-3-5-14(15)16/h3-6,12,20H,7-11H2,1-2H3,(H,19,23)/t12-/m0/s1. The van der Waals surface area contributed by atoms with Gasteiger partial charge in [-0.25, -0.2) is 0 Å². The largest absolute Gasteiger partial charge is 0.379 e. The van der Waals surface area contributed by atoms with Crippen LogP contribution < -0.4 is 5.32 Å². The van der Waals surface area contributed by atoms with Gasteiger partial charge in [-0.05, 0) is 19.9 Å². The lowest BCUT2D eigenvalue weighted by molar-refractivity contribution is -0.117. The van der Waals surface area contributed by atoms with E-state index in [0.717, 1.165) is 29.7 Å². The number of morpholine rings is 1. The molecule has 1 aromatic heterocycles. The third-order valence-corrected chi connectivity index (χ3v) is 4.55. The maximum Gasteiger partial charge on any atom is 0.292 e. The van der Waals surface area contributed by atoms with Gasteiger partial charge in [-0.3, -0.25) is 14.5 Å². The third-order valence-electron chi connectivity index (χ3n) is 4.55. The van der Waals surface area contributed by atoms with E-state index in [0.29, 0.717) is 25.3 Å². The third kappa shape index (κ3) is 3.34. The highest BCUT2D eigenvalue weighted by Crippen LogP contribution is 2.22. The molecule has 2 aromatic rings. The zero-order valence-electron chi connectivity index (χ0n) is 14.1. The molecule has 2 N–H and O–H groups in total. The molecule has 0 unspecified atom stereocenters. The summed E-state index contributed by atoms with van der Waals surface area (Å²) in [5, 5.41) is 3.56. The van der Waals surface area contributed by atoms with E-state index in [2.05, 4.69) is 15.2 Å². The SMILES string of the molecule is Cc1[nH]c2ccccc2c1C(=O)C(=O)NC[C@H](C)N1CCOCC1. The number of nitrogens with one attached hydrogen (secondary N) is 2. The monoisotopic (exact) mass is 329 g/mol. The molecule has 0 spiro atoms. The summed E-state index contributed by atoms with van der Waals surface area (Å²) in [5.74, 6) is -1.04. The number of nitrogens with zero attached hydrogens (tertiary/aromatic N) is 1. The molecule has 6 nitrogen and oxygen atoms in total. The number of carbonyl (C=O) groups excluding carboxylic acids is 2. The highest BCUT2D eigenvalue weighted by molar-refractivity contribution is 6.45. The number of hydrogen-bond donors (Lipinski definition) is 2. The highest BCUT2D eigenvalue weighted by Gasteiger charge is 2.24. The van der Waals surface area contributed by atoms with Gasteiger partial charge in [-0.15, -0.1) is 0 Å². The summed E-state index contributed by atoms with van der Waals surface area (Å²) in [6.45, 7) is 7.45. The number of aromatic nitrogens is 1. The first-order valence-electron chi connectivity index (χ1n) is 8.29. The number of para-hydroxylation sites is 1. The number of aromatic amines is 1. The number of ketones is 1. The minimum absolute atomic E-state index is 0.176. The van der Waals surface area contributed by atoms with Crippen LogP contribution in [-0.2, 0) is 9.53 Å². The molecule has 1 atom stereocenters. The lowest BCUT2D eigenvalue weighted by Gasteiger charge is -2.32. The van der Waals surface area contributed by atoms with Crippen molar-refractivity contribution in [3.8, 4) is 0 Å². The minimum atomic E-state index is -0.553. The number of fused-ring (bicyclic) bond motifs is 1. The van der Waals surface area contributed by atoms with E-state index in [-0.39, 0.29) is 6.04 Å². The van der Waals surface area contributed by atoms with Gasteiger partial charge in [-0.2, -0.15) is 0 Å². The van der Waals surface area contributed by atoms with Crippen molar-refractivity contribution in [3.63, 3.8) is 0 Å². The fraction of sp³-hybridized carbons (Fsp3) is 0.444. The van der Waals surface area contributed by atoms with Crippen LogP contribution in [0, 0.1) is 6.92 Å². The van der Waals surface area contributed by atoms with Gasteiger partial charge in [0.25, 0.3) is 11.7 Å². The number of Topliss-reactive ketones (excluding diaryl/α,β-unsaturated/α-hetero) is 1. The van der Waals surface area contributed by atoms with Crippen molar-refractivity contribution in [2.45, 2.75) is 19.9 Å². The van der Waals surface area contributed by atoms with Gasteiger partial charge in [0.05, 0.1) is 18.8 Å². The van der Waals surface area contributed by atoms with Crippen LogP contribution in [0.2, 0.25) is 0 Å². The van der Waals surface area contributed by atoms with Crippen molar-refractivity contribution < 1.29 is 14.3 Å². The van der Waals surface area contributed by atoms with E-state index in [1.165, 1.54) is 0 Å². The molecule has 0 aliphatic carbocycles. The lowest BCUT2D eigenvalue weighted by Crippen LogP contribution is -2.48. The average Bonchev–Trinajstić information content (AvgIpc) is 2.95. The van der Waals surface area contributed by atoms with Crippen molar-refractivity contribution in [1.82, 2.24) is 15.2 Å². The zero-order valence-corrected chi connectivity index (χ0v) is 14.1. The van der Waals surface area contributed by atoms with Gasteiger partial charge in [0, 0.05) is 42.3 Å². The number of hydrogen-bond acceptors (Lipinski definition) is 4. The summed E-state index contributed by atoms with van der Waals surface area (Å²) in [7, 11) is 0. The zero-order chi connectivity index (χ0) is 17.1. The molecular weight excluding hydrogens is 306 g/mol. The first-order chi connectivity index (χ1) is 11.6. The van der Waals surface area contributed by atoms with Crippen LogP contribution in [0.5, 0.6) is 0 Å². The van der Waals surface area contributed by atoms with Gasteiger partial charge < -0.3 is 15.0 Å². The fourth-order valence-corrected chi connectivity index (χ4v) is 3.15. The molecule has 0 saturated carbocycles. The van der Waals surface area contributed by atoms with Crippen LogP contribution in [0.25, 0.3) is 10.9 Å². The van der Waals surface area contributed by atoms with Crippen LogP contribution >= 0.6 is 0 Å². The Bertz CT molecular complexity index is 747. The highest BCUT2D eigenvalue weighted by atomic mass is 16.5. The topological polar surface area (TPSA) is 74.4 Å². The van der Waals surface area contributed by atoms with Crippen molar-refractivity contribution in [3.05, 3.63) is 35.5 Å². The van der Waals surface area contributed by atoms with E-state index in [1.807, 2.05) is 38.1 Å². The van der Waals surface area contributed by atoms with Crippen LogP contribution in [0.15, 0.2) is 24.3 Å². The summed E-state index contributed by atoms with van der Waals surface area (Å²) < 4.78 is 5.33. The second-order valence-corrected chi connectivity index (χ2v) is 6.21. The second-order valence-electron chi connectivity index (χ2n) is 6.21. The molecule has 1 fully saturated rings. The summed E-state index contributed by atoms with van der Waals surface area (Å²) in [5.41, 5.74) is 2.05. The summed E-state index contributed by atoms with van der Waals surface area (Å²) in [6.07, 6.45) is 0. The van der Waals surface area contributed by atoms with Gasteiger partial charge in [-0.1, -0.05) is 18.2 Å². The number of aryl methyl sites for hydroxylation is 1. The maximum absolute atomic E-state index is 12.6. The lowest BCUT2D eigenvalue weighted by atomic mass is 10.1. The van der Waals surface area contributed by atoms with E-state index in [1.54, 1.807) is 0 Å². The van der Waals surface area contributed by atoms with Crippen LogP contribution in [-0.4, -0.2) is 60.5 Å². The molecule has 0 radical (unpaired) electrons. The first-order valence-corrected chi connectivity index (χ1v) is 8.29. The molecule has 1 aromatic carbocycles. The summed E-state index contributed by atoms with van der Waals surface area (Å²) >= 11 is 0. The minimum Gasteiger partial charge on any atom is -0.379 e. The Hall–Kier alpha value is -2.18. The second kappa shape index (κ2) is 7.15.